The number of carbonyl (C=O) groups excluding carboxylic acids is 1. The van der Waals surface area contributed by atoms with E-state index in [9.17, 15) is 4.79 Å². The molecule has 1 aliphatic rings. The van der Waals surface area contributed by atoms with Crippen LogP contribution in [0.4, 0.5) is 0 Å². The van der Waals surface area contributed by atoms with Gasteiger partial charge in [-0.25, -0.2) is 9.98 Å². The van der Waals surface area contributed by atoms with Gasteiger partial charge in [-0.3, -0.25) is 4.79 Å². The molecular formula is C17H29N5O2. The first-order valence-corrected chi connectivity index (χ1v) is 8.65. The molecule has 3 N–H and O–H groups in total. The van der Waals surface area contributed by atoms with Crippen LogP contribution in [0.5, 0.6) is 0 Å². The molecule has 0 bridgehead atoms. The van der Waals surface area contributed by atoms with E-state index in [4.69, 9.17) is 4.42 Å². The quantitative estimate of drug-likeness (QED) is 0.399. The number of hydrogen-bond acceptors (Lipinski definition) is 4. The largest absolute Gasteiger partial charge is 0.443 e. The molecule has 1 fully saturated rings. The number of amides is 1. The lowest BCUT2D eigenvalue weighted by molar-refractivity contribution is -0.122. The minimum Gasteiger partial charge on any atom is -0.443 e. The molecule has 1 heterocycles. The molecule has 0 radical (unpaired) electrons. The van der Waals surface area contributed by atoms with E-state index < -0.39 is 0 Å². The van der Waals surface area contributed by atoms with Crippen molar-refractivity contribution in [3.05, 3.63) is 17.8 Å². The predicted molar refractivity (Wildman–Crippen MR) is 93.8 cm³/mol. The summed E-state index contributed by atoms with van der Waals surface area (Å²) in [6.45, 7) is 10.6. The van der Waals surface area contributed by atoms with Crippen molar-refractivity contribution in [2.24, 2.45) is 10.9 Å². The van der Waals surface area contributed by atoms with E-state index in [0.717, 1.165) is 25.1 Å². The van der Waals surface area contributed by atoms with Crippen molar-refractivity contribution >= 4 is 11.9 Å². The average molecular weight is 335 g/mol. The van der Waals surface area contributed by atoms with Crippen LogP contribution in [0.1, 0.15) is 52.2 Å². The first kappa shape index (κ1) is 18.3. The first-order valence-electron chi connectivity index (χ1n) is 8.65. The van der Waals surface area contributed by atoms with Gasteiger partial charge >= 0.3 is 0 Å². The maximum absolute atomic E-state index is 11.6. The molecule has 2 rings (SSSR count). The fraction of sp³-hybridized carbons (Fsp3) is 0.706. The second kappa shape index (κ2) is 8.17. The second-order valence-electron chi connectivity index (χ2n) is 7.06. The van der Waals surface area contributed by atoms with Gasteiger partial charge in [0.2, 0.25) is 11.8 Å². The van der Waals surface area contributed by atoms with Gasteiger partial charge in [-0.05, 0) is 19.8 Å². The summed E-state index contributed by atoms with van der Waals surface area (Å²) in [7, 11) is 0. The predicted octanol–water partition coefficient (Wildman–Crippen LogP) is 1.55. The van der Waals surface area contributed by atoms with Crippen molar-refractivity contribution in [3.63, 3.8) is 0 Å². The number of aliphatic imine (C=N–C) groups is 1. The van der Waals surface area contributed by atoms with Crippen LogP contribution in [0.2, 0.25) is 0 Å². The highest BCUT2D eigenvalue weighted by atomic mass is 16.4. The Morgan fingerprint density at radius 1 is 1.29 bits per heavy atom. The van der Waals surface area contributed by atoms with Gasteiger partial charge in [0.25, 0.3) is 0 Å². The zero-order valence-electron chi connectivity index (χ0n) is 15.1. The molecule has 1 saturated carbocycles. The van der Waals surface area contributed by atoms with Gasteiger partial charge < -0.3 is 20.4 Å². The van der Waals surface area contributed by atoms with Crippen molar-refractivity contribution in [1.82, 2.24) is 20.9 Å². The van der Waals surface area contributed by atoms with E-state index in [0.29, 0.717) is 31.5 Å². The first-order chi connectivity index (χ1) is 11.4. The van der Waals surface area contributed by atoms with Crippen LogP contribution in [0.15, 0.2) is 15.6 Å². The number of nitrogens with one attached hydrogen (secondary N) is 3. The van der Waals surface area contributed by atoms with Gasteiger partial charge in [-0.2, -0.15) is 0 Å². The van der Waals surface area contributed by atoms with Gasteiger partial charge in [-0.1, -0.05) is 20.8 Å². The fourth-order valence-electron chi connectivity index (χ4n) is 2.07. The third-order valence-corrected chi connectivity index (χ3v) is 3.67. The summed E-state index contributed by atoms with van der Waals surface area (Å²) in [5, 5.41) is 9.29. The number of hydrogen-bond donors (Lipinski definition) is 3. The van der Waals surface area contributed by atoms with E-state index in [-0.39, 0.29) is 17.2 Å². The summed E-state index contributed by atoms with van der Waals surface area (Å²) >= 11 is 0. The maximum atomic E-state index is 11.6. The lowest BCUT2D eigenvalue weighted by Gasteiger charge is -2.13. The number of carbonyl (C=O) groups is 1. The van der Waals surface area contributed by atoms with Gasteiger partial charge in [0.05, 0.1) is 6.20 Å². The van der Waals surface area contributed by atoms with E-state index in [2.05, 4.69) is 46.7 Å². The molecule has 0 atom stereocenters. The highest BCUT2D eigenvalue weighted by Crippen LogP contribution is 2.28. The number of guanidine groups is 1. The SMILES string of the molecule is CCNC(=NCc1ncc(C(C)(C)C)o1)NCCNC(=O)C1CC1. The number of nitrogens with zero attached hydrogens (tertiary/aromatic N) is 2. The molecule has 1 amide bonds. The van der Waals surface area contributed by atoms with Gasteiger partial charge in [0.15, 0.2) is 5.96 Å². The van der Waals surface area contributed by atoms with Crippen molar-refractivity contribution in [3.8, 4) is 0 Å². The van der Waals surface area contributed by atoms with Crippen molar-refractivity contribution in [2.75, 3.05) is 19.6 Å². The minimum atomic E-state index is -0.0581. The van der Waals surface area contributed by atoms with E-state index >= 15 is 0 Å². The Morgan fingerprint density at radius 2 is 2.00 bits per heavy atom. The van der Waals surface area contributed by atoms with E-state index in [1.807, 2.05) is 6.92 Å². The Kier molecular flexibility index (Phi) is 6.23. The van der Waals surface area contributed by atoms with Crippen molar-refractivity contribution in [1.29, 1.82) is 0 Å². The third-order valence-electron chi connectivity index (χ3n) is 3.67. The molecule has 7 heteroatoms. The molecule has 0 unspecified atom stereocenters. The lowest BCUT2D eigenvalue weighted by atomic mass is 9.94. The zero-order valence-corrected chi connectivity index (χ0v) is 15.1. The molecule has 0 saturated heterocycles. The number of oxazole rings is 1. The Labute approximate surface area is 143 Å². The van der Waals surface area contributed by atoms with Crippen molar-refractivity contribution < 1.29 is 9.21 Å². The highest BCUT2D eigenvalue weighted by molar-refractivity contribution is 5.81. The molecule has 0 spiro atoms. The zero-order chi connectivity index (χ0) is 17.6. The summed E-state index contributed by atoms with van der Waals surface area (Å²) in [5.41, 5.74) is -0.0581. The van der Waals surface area contributed by atoms with Crippen LogP contribution in [-0.2, 0) is 16.8 Å². The molecule has 1 aliphatic carbocycles. The highest BCUT2D eigenvalue weighted by Gasteiger charge is 2.28. The van der Waals surface area contributed by atoms with Crippen LogP contribution in [0.3, 0.4) is 0 Å². The van der Waals surface area contributed by atoms with Crippen LogP contribution in [0, 0.1) is 5.92 Å². The summed E-state index contributed by atoms with van der Waals surface area (Å²) in [6.07, 6.45) is 3.81. The molecule has 1 aromatic rings. The fourth-order valence-corrected chi connectivity index (χ4v) is 2.07. The summed E-state index contributed by atoms with van der Waals surface area (Å²) < 4.78 is 5.74. The lowest BCUT2D eigenvalue weighted by Crippen LogP contribution is -2.41. The number of rotatable bonds is 7. The summed E-state index contributed by atoms with van der Waals surface area (Å²) in [5.74, 6) is 2.54. The van der Waals surface area contributed by atoms with Gasteiger partial charge in [0, 0.05) is 31.0 Å². The standard InChI is InChI=1S/C17H29N5O2/c1-5-18-16(20-9-8-19-15(23)12-6-7-12)22-11-14-21-10-13(24-14)17(2,3)4/h10,12H,5-9,11H2,1-4H3,(H,19,23)(H2,18,20,22). The maximum Gasteiger partial charge on any atom is 0.223 e. The number of aromatic nitrogens is 1. The van der Waals surface area contributed by atoms with Crippen molar-refractivity contribution in [2.45, 2.75) is 52.5 Å². The van der Waals surface area contributed by atoms with Gasteiger partial charge in [0.1, 0.15) is 12.3 Å². The normalized spacial score (nSPS) is 15.2. The van der Waals surface area contributed by atoms with Crippen LogP contribution in [-0.4, -0.2) is 36.5 Å². The third kappa shape index (κ3) is 5.86. The van der Waals surface area contributed by atoms with E-state index in [1.165, 1.54) is 0 Å². The molecule has 0 aromatic carbocycles. The minimum absolute atomic E-state index is 0.0581. The molecule has 24 heavy (non-hydrogen) atoms. The van der Waals surface area contributed by atoms with Crippen LogP contribution < -0.4 is 16.0 Å². The molecule has 1 aromatic heterocycles. The molecular weight excluding hydrogens is 306 g/mol. The summed E-state index contributed by atoms with van der Waals surface area (Å²) in [4.78, 5) is 20.3. The Bertz CT molecular complexity index is 570. The van der Waals surface area contributed by atoms with Crippen LogP contribution in [0.25, 0.3) is 0 Å². The molecule has 134 valence electrons. The Morgan fingerprint density at radius 3 is 2.58 bits per heavy atom. The molecule has 7 nitrogen and oxygen atoms in total. The van der Waals surface area contributed by atoms with Crippen LogP contribution >= 0.6 is 0 Å². The second-order valence-corrected chi connectivity index (χ2v) is 7.06. The van der Waals surface area contributed by atoms with Gasteiger partial charge in [-0.15, -0.1) is 0 Å². The molecule has 0 aliphatic heterocycles. The Hall–Kier alpha value is -2.05. The monoisotopic (exact) mass is 335 g/mol. The topological polar surface area (TPSA) is 91.6 Å². The smallest absolute Gasteiger partial charge is 0.223 e. The van der Waals surface area contributed by atoms with E-state index in [1.54, 1.807) is 6.20 Å². The summed E-state index contributed by atoms with van der Waals surface area (Å²) in [6, 6.07) is 0. The average Bonchev–Trinajstić information content (AvgIpc) is 3.25. The Balaban J connectivity index is 1.78.